The van der Waals surface area contributed by atoms with Crippen LogP contribution in [0.25, 0.3) is 0 Å². The van der Waals surface area contributed by atoms with Gasteiger partial charge in [0.1, 0.15) is 0 Å². The van der Waals surface area contributed by atoms with Crippen LogP contribution in [0.15, 0.2) is 0 Å². The molecule has 0 aromatic rings. The molecular formula is C10H19NO3. The molecule has 3 N–H and O–H groups in total. The lowest BCUT2D eigenvalue weighted by Gasteiger charge is -2.31. The van der Waals surface area contributed by atoms with Crippen LogP contribution < -0.4 is 5.73 Å². The molecule has 0 bridgehead atoms. The van der Waals surface area contributed by atoms with Crippen LogP contribution in [0.3, 0.4) is 0 Å². The van der Waals surface area contributed by atoms with E-state index >= 15 is 0 Å². The van der Waals surface area contributed by atoms with E-state index in [2.05, 4.69) is 0 Å². The van der Waals surface area contributed by atoms with E-state index in [1.54, 1.807) is 0 Å². The van der Waals surface area contributed by atoms with Gasteiger partial charge in [-0.15, -0.1) is 0 Å². The molecule has 2 unspecified atom stereocenters. The molecule has 0 aliphatic carbocycles. The maximum absolute atomic E-state index is 10.7. The summed E-state index contributed by atoms with van der Waals surface area (Å²) in [5, 5.41) is 8.78. The average molecular weight is 201 g/mol. The number of nitrogens with two attached hydrogens (primary N) is 1. The van der Waals surface area contributed by atoms with E-state index in [0.29, 0.717) is 5.92 Å². The summed E-state index contributed by atoms with van der Waals surface area (Å²) in [6.07, 6.45) is 2.07. The van der Waals surface area contributed by atoms with Crippen LogP contribution in [0.2, 0.25) is 0 Å². The van der Waals surface area contributed by atoms with Gasteiger partial charge >= 0.3 is 5.97 Å². The van der Waals surface area contributed by atoms with Crippen molar-refractivity contribution in [1.82, 2.24) is 0 Å². The molecule has 4 nitrogen and oxygen atoms in total. The van der Waals surface area contributed by atoms with E-state index in [-0.39, 0.29) is 18.4 Å². The average Bonchev–Trinajstić information content (AvgIpc) is 2.15. The number of rotatable bonds is 4. The molecule has 0 radical (unpaired) electrons. The van der Waals surface area contributed by atoms with E-state index in [0.717, 1.165) is 26.1 Å². The number of aliphatic carboxylic acids is 1. The fourth-order valence-electron chi connectivity index (χ4n) is 2.13. The summed E-state index contributed by atoms with van der Waals surface area (Å²) in [4.78, 5) is 10.7. The number of carboxylic acids is 1. The Hall–Kier alpha value is -0.610. The minimum absolute atomic E-state index is 0.0470. The van der Waals surface area contributed by atoms with Crippen LogP contribution >= 0.6 is 0 Å². The first kappa shape index (κ1) is 11.5. The van der Waals surface area contributed by atoms with Gasteiger partial charge in [0, 0.05) is 25.7 Å². The summed E-state index contributed by atoms with van der Waals surface area (Å²) in [5.74, 6) is -0.241. The summed E-state index contributed by atoms with van der Waals surface area (Å²) >= 11 is 0. The molecule has 1 fully saturated rings. The van der Waals surface area contributed by atoms with Gasteiger partial charge in [-0.1, -0.05) is 0 Å². The summed E-state index contributed by atoms with van der Waals surface area (Å²) in [6.45, 7) is 3.38. The fourth-order valence-corrected chi connectivity index (χ4v) is 2.13. The maximum atomic E-state index is 10.7. The fraction of sp³-hybridized carbons (Fsp3) is 0.900. The first-order valence-corrected chi connectivity index (χ1v) is 5.16. The monoisotopic (exact) mass is 201 g/mol. The van der Waals surface area contributed by atoms with Crippen LogP contribution in [0, 0.1) is 11.8 Å². The van der Waals surface area contributed by atoms with Crippen molar-refractivity contribution in [1.29, 1.82) is 0 Å². The molecule has 1 saturated heterocycles. The lowest BCUT2D eigenvalue weighted by Crippen LogP contribution is -2.36. The third-order valence-electron chi connectivity index (χ3n) is 2.96. The highest BCUT2D eigenvalue weighted by Crippen LogP contribution is 2.28. The van der Waals surface area contributed by atoms with Gasteiger partial charge in [-0.05, 0) is 31.6 Å². The van der Waals surface area contributed by atoms with E-state index in [4.69, 9.17) is 15.6 Å². The van der Waals surface area contributed by atoms with Gasteiger partial charge in [0.25, 0.3) is 0 Å². The Labute approximate surface area is 84.4 Å². The second kappa shape index (κ2) is 5.32. The second-order valence-corrected chi connectivity index (χ2v) is 4.07. The highest BCUT2D eigenvalue weighted by Gasteiger charge is 2.28. The van der Waals surface area contributed by atoms with Crippen molar-refractivity contribution in [2.75, 3.05) is 13.2 Å². The second-order valence-electron chi connectivity index (χ2n) is 4.07. The quantitative estimate of drug-likeness (QED) is 0.707. The van der Waals surface area contributed by atoms with Gasteiger partial charge in [-0.25, -0.2) is 0 Å². The minimum Gasteiger partial charge on any atom is -0.481 e. The molecule has 1 rings (SSSR count). The van der Waals surface area contributed by atoms with Crippen LogP contribution in [0.1, 0.15) is 26.2 Å². The molecule has 2 atom stereocenters. The van der Waals surface area contributed by atoms with Crippen molar-refractivity contribution in [2.45, 2.75) is 32.2 Å². The molecule has 0 aromatic carbocycles. The van der Waals surface area contributed by atoms with E-state index in [1.165, 1.54) is 0 Å². The zero-order chi connectivity index (χ0) is 10.6. The number of ether oxygens (including phenoxy) is 1. The van der Waals surface area contributed by atoms with E-state index in [9.17, 15) is 4.79 Å². The molecule has 1 aliphatic heterocycles. The Morgan fingerprint density at radius 1 is 1.57 bits per heavy atom. The number of carbonyl (C=O) groups is 1. The van der Waals surface area contributed by atoms with Crippen molar-refractivity contribution in [3.05, 3.63) is 0 Å². The molecule has 0 saturated carbocycles. The third-order valence-corrected chi connectivity index (χ3v) is 2.96. The van der Waals surface area contributed by atoms with Crippen molar-refractivity contribution >= 4 is 5.97 Å². The van der Waals surface area contributed by atoms with Crippen molar-refractivity contribution in [2.24, 2.45) is 17.6 Å². The molecule has 1 heterocycles. The lowest BCUT2D eigenvalue weighted by molar-refractivity contribution is -0.139. The number of hydrogen-bond acceptors (Lipinski definition) is 3. The standard InChI is InChI=1S/C10H19NO3/c1-7(11)9(6-10(12)13)8-2-4-14-5-3-8/h7-9H,2-6,11H2,1H3,(H,12,13). The summed E-state index contributed by atoms with van der Waals surface area (Å²) in [5.41, 5.74) is 5.81. The van der Waals surface area contributed by atoms with Gasteiger partial charge in [0.2, 0.25) is 0 Å². The van der Waals surface area contributed by atoms with Gasteiger partial charge < -0.3 is 15.6 Å². The highest BCUT2D eigenvalue weighted by atomic mass is 16.5. The van der Waals surface area contributed by atoms with Gasteiger partial charge in [0.15, 0.2) is 0 Å². The molecule has 4 heteroatoms. The molecule has 0 spiro atoms. The molecule has 14 heavy (non-hydrogen) atoms. The van der Waals surface area contributed by atoms with Crippen LogP contribution in [-0.2, 0) is 9.53 Å². The number of hydrogen-bond donors (Lipinski definition) is 2. The normalized spacial score (nSPS) is 23.0. The Bertz CT molecular complexity index is 188. The Kier molecular flexibility index (Phi) is 4.35. The number of carboxylic acid groups (broad SMARTS) is 1. The first-order chi connectivity index (χ1) is 6.61. The summed E-state index contributed by atoms with van der Waals surface area (Å²) < 4.78 is 5.25. The maximum Gasteiger partial charge on any atom is 0.303 e. The van der Waals surface area contributed by atoms with Crippen molar-refractivity contribution < 1.29 is 14.6 Å². The molecular weight excluding hydrogens is 182 g/mol. The van der Waals surface area contributed by atoms with E-state index < -0.39 is 5.97 Å². The van der Waals surface area contributed by atoms with Crippen LogP contribution in [0.4, 0.5) is 0 Å². The Morgan fingerprint density at radius 3 is 2.57 bits per heavy atom. The van der Waals surface area contributed by atoms with Crippen molar-refractivity contribution in [3.8, 4) is 0 Å². The summed E-state index contributed by atoms with van der Waals surface area (Å²) in [6, 6.07) is -0.0470. The third kappa shape index (κ3) is 3.27. The SMILES string of the molecule is CC(N)C(CC(=O)O)C1CCOCC1. The first-order valence-electron chi connectivity index (χ1n) is 5.16. The lowest BCUT2D eigenvalue weighted by atomic mass is 9.80. The predicted octanol–water partition coefficient (Wildman–Crippen LogP) is 0.851. The van der Waals surface area contributed by atoms with E-state index in [1.807, 2.05) is 6.92 Å². The zero-order valence-electron chi connectivity index (χ0n) is 8.61. The Morgan fingerprint density at radius 2 is 2.14 bits per heavy atom. The zero-order valence-corrected chi connectivity index (χ0v) is 8.61. The van der Waals surface area contributed by atoms with Crippen LogP contribution in [0.5, 0.6) is 0 Å². The molecule has 0 aromatic heterocycles. The largest absolute Gasteiger partial charge is 0.481 e. The molecule has 82 valence electrons. The van der Waals surface area contributed by atoms with Gasteiger partial charge in [-0.2, -0.15) is 0 Å². The molecule has 0 amide bonds. The Balaban J connectivity index is 2.51. The smallest absolute Gasteiger partial charge is 0.303 e. The van der Waals surface area contributed by atoms with Crippen LogP contribution in [-0.4, -0.2) is 30.3 Å². The van der Waals surface area contributed by atoms with Gasteiger partial charge in [-0.3, -0.25) is 4.79 Å². The predicted molar refractivity (Wildman–Crippen MR) is 52.9 cm³/mol. The van der Waals surface area contributed by atoms with Gasteiger partial charge in [0.05, 0.1) is 0 Å². The molecule has 1 aliphatic rings. The van der Waals surface area contributed by atoms with Crippen molar-refractivity contribution in [3.63, 3.8) is 0 Å². The minimum atomic E-state index is -0.751. The summed E-state index contributed by atoms with van der Waals surface area (Å²) in [7, 11) is 0. The highest BCUT2D eigenvalue weighted by molar-refractivity contribution is 5.67. The topological polar surface area (TPSA) is 72.6 Å².